The number of nitrogens with one attached hydrogen (secondary N) is 2. The van der Waals surface area contributed by atoms with E-state index in [4.69, 9.17) is 11.6 Å². The molecule has 5 heteroatoms. The quantitative estimate of drug-likeness (QED) is 0.635. The molecule has 1 fully saturated rings. The van der Waals surface area contributed by atoms with Crippen molar-refractivity contribution in [2.45, 2.75) is 26.2 Å². The number of halogens is 3. The Morgan fingerprint density at radius 3 is 2.24 bits per heavy atom. The van der Waals surface area contributed by atoms with Crippen molar-refractivity contribution in [1.29, 1.82) is 0 Å². The van der Waals surface area contributed by atoms with Crippen molar-refractivity contribution in [2.75, 3.05) is 13.1 Å². The maximum atomic E-state index is 14.4. The number of hydrogen-bond donors (Lipinski definition) is 2. The number of aryl methyl sites for hydroxylation is 1. The van der Waals surface area contributed by atoms with Crippen LogP contribution in [0.2, 0.25) is 5.02 Å². The molecule has 2 nitrogen and oxygen atoms in total. The average molecular weight is 415 g/mol. The standard InChI is InChI=1S/C24H23ClF2N2/c1-17-5-2-3-6-19(17)15-28-13-14-29(16-21-22(25)7-4-8-23(21)27)24(28)18-9-11-20(26)12-10-18/h2-12,24H,13-16H2,1H3/p+2. The van der Waals surface area contributed by atoms with E-state index in [1.54, 1.807) is 12.1 Å². The van der Waals surface area contributed by atoms with Gasteiger partial charge in [0.15, 0.2) is 0 Å². The number of benzene rings is 3. The Morgan fingerprint density at radius 1 is 0.862 bits per heavy atom. The van der Waals surface area contributed by atoms with Crippen LogP contribution >= 0.6 is 11.6 Å². The van der Waals surface area contributed by atoms with E-state index in [-0.39, 0.29) is 17.8 Å². The Kier molecular flexibility index (Phi) is 5.95. The molecule has 0 aliphatic carbocycles. The molecular formula is C24H25ClF2N2+2. The Hall–Kier alpha value is -2.27. The van der Waals surface area contributed by atoms with E-state index in [1.165, 1.54) is 39.1 Å². The van der Waals surface area contributed by atoms with Crippen LogP contribution in [-0.4, -0.2) is 13.1 Å². The largest absolute Gasteiger partial charge is 0.274 e. The lowest BCUT2D eigenvalue weighted by Crippen LogP contribution is -3.22. The third-order valence-corrected chi connectivity index (χ3v) is 6.29. The van der Waals surface area contributed by atoms with Crippen molar-refractivity contribution in [3.05, 3.63) is 106 Å². The highest BCUT2D eigenvalue weighted by Crippen LogP contribution is 2.19. The zero-order chi connectivity index (χ0) is 20.4. The second-order valence-electron chi connectivity index (χ2n) is 7.78. The van der Waals surface area contributed by atoms with Gasteiger partial charge in [0.1, 0.15) is 37.8 Å². The molecule has 1 aliphatic heterocycles. The maximum Gasteiger partial charge on any atom is 0.241 e. The third kappa shape index (κ3) is 4.35. The van der Waals surface area contributed by atoms with Gasteiger partial charge in [-0.2, -0.15) is 0 Å². The summed E-state index contributed by atoms with van der Waals surface area (Å²) in [6.45, 7) is 5.36. The van der Waals surface area contributed by atoms with Crippen LogP contribution in [0, 0.1) is 18.6 Å². The molecule has 3 atom stereocenters. The highest BCUT2D eigenvalue weighted by Gasteiger charge is 2.41. The SMILES string of the molecule is Cc1ccccc1C[NH+]1CC[NH+](Cc2c(F)cccc2Cl)C1c1ccc(F)cc1. The molecular weight excluding hydrogens is 390 g/mol. The van der Waals surface area contributed by atoms with Crippen molar-refractivity contribution in [2.24, 2.45) is 0 Å². The van der Waals surface area contributed by atoms with Crippen LogP contribution in [0.5, 0.6) is 0 Å². The van der Waals surface area contributed by atoms with Crippen molar-refractivity contribution in [1.82, 2.24) is 0 Å². The van der Waals surface area contributed by atoms with Gasteiger partial charge >= 0.3 is 0 Å². The zero-order valence-electron chi connectivity index (χ0n) is 16.4. The van der Waals surface area contributed by atoms with Crippen molar-refractivity contribution >= 4 is 11.6 Å². The van der Waals surface area contributed by atoms with Crippen LogP contribution in [0.3, 0.4) is 0 Å². The van der Waals surface area contributed by atoms with E-state index in [0.29, 0.717) is 17.1 Å². The van der Waals surface area contributed by atoms with Gasteiger partial charge in [0.2, 0.25) is 6.17 Å². The minimum Gasteiger partial charge on any atom is -0.274 e. The van der Waals surface area contributed by atoms with E-state index in [0.717, 1.165) is 25.2 Å². The van der Waals surface area contributed by atoms with Gasteiger partial charge in [-0.05, 0) is 48.9 Å². The first kappa shape index (κ1) is 20.0. The molecule has 1 saturated heterocycles. The van der Waals surface area contributed by atoms with Gasteiger partial charge in [-0.1, -0.05) is 41.9 Å². The summed E-state index contributed by atoms with van der Waals surface area (Å²) in [4.78, 5) is 2.64. The summed E-state index contributed by atoms with van der Waals surface area (Å²) in [7, 11) is 0. The minimum atomic E-state index is -0.268. The van der Waals surface area contributed by atoms with Crippen LogP contribution in [0.25, 0.3) is 0 Å². The van der Waals surface area contributed by atoms with Gasteiger partial charge in [0, 0.05) is 5.56 Å². The number of rotatable bonds is 5. The van der Waals surface area contributed by atoms with Gasteiger partial charge < -0.3 is 0 Å². The molecule has 29 heavy (non-hydrogen) atoms. The fourth-order valence-corrected chi connectivity index (χ4v) is 4.62. The molecule has 1 heterocycles. The fraction of sp³-hybridized carbons (Fsp3) is 0.250. The van der Waals surface area contributed by atoms with Gasteiger partial charge in [-0.3, -0.25) is 9.80 Å². The first-order chi connectivity index (χ1) is 14.0. The molecule has 3 aromatic rings. The molecule has 4 rings (SSSR count). The highest BCUT2D eigenvalue weighted by molar-refractivity contribution is 6.31. The van der Waals surface area contributed by atoms with E-state index in [2.05, 4.69) is 25.1 Å². The molecule has 0 aromatic heterocycles. The van der Waals surface area contributed by atoms with Crippen molar-refractivity contribution in [3.63, 3.8) is 0 Å². The molecule has 0 amide bonds. The van der Waals surface area contributed by atoms with Crippen LogP contribution in [-0.2, 0) is 13.1 Å². The molecule has 0 spiro atoms. The van der Waals surface area contributed by atoms with Crippen LogP contribution in [0.4, 0.5) is 8.78 Å². The van der Waals surface area contributed by atoms with Crippen molar-refractivity contribution in [3.8, 4) is 0 Å². The van der Waals surface area contributed by atoms with Gasteiger partial charge in [0.25, 0.3) is 0 Å². The number of hydrogen-bond acceptors (Lipinski definition) is 0. The second-order valence-corrected chi connectivity index (χ2v) is 8.19. The monoisotopic (exact) mass is 414 g/mol. The first-order valence-electron chi connectivity index (χ1n) is 9.95. The fourth-order valence-electron chi connectivity index (χ4n) is 4.39. The summed E-state index contributed by atoms with van der Waals surface area (Å²) in [6, 6.07) is 20.0. The third-order valence-electron chi connectivity index (χ3n) is 5.93. The lowest BCUT2D eigenvalue weighted by Gasteiger charge is -2.25. The summed E-state index contributed by atoms with van der Waals surface area (Å²) < 4.78 is 28.0. The summed E-state index contributed by atoms with van der Waals surface area (Å²) in [6.07, 6.45) is 0.0888. The van der Waals surface area contributed by atoms with E-state index in [1.807, 2.05) is 18.2 Å². The molecule has 0 bridgehead atoms. The summed E-state index contributed by atoms with van der Waals surface area (Å²) in [5, 5.41) is 0.461. The average Bonchev–Trinajstić information content (AvgIpc) is 3.09. The van der Waals surface area contributed by atoms with E-state index < -0.39 is 0 Å². The Balaban J connectivity index is 1.66. The minimum absolute atomic E-state index is 0.0888. The molecule has 3 unspecified atom stereocenters. The molecule has 1 aliphatic rings. The Bertz CT molecular complexity index is 970. The van der Waals surface area contributed by atoms with Gasteiger partial charge in [-0.25, -0.2) is 8.78 Å². The van der Waals surface area contributed by atoms with Crippen molar-refractivity contribution < 1.29 is 18.6 Å². The number of quaternary nitrogens is 2. The highest BCUT2D eigenvalue weighted by atomic mass is 35.5. The topological polar surface area (TPSA) is 8.88 Å². The molecule has 150 valence electrons. The molecule has 3 aromatic carbocycles. The second kappa shape index (κ2) is 8.62. The summed E-state index contributed by atoms with van der Waals surface area (Å²) in [5.41, 5.74) is 4.19. The Labute approximate surface area is 175 Å². The summed E-state index contributed by atoms with van der Waals surface area (Å²) >= 11 is 6.30. The van der Waals surface area contributed by atoms with E-state index >= 15 is 0 Å². The normalized spacial score (nSPS) is 21.4. The van der Waals surface area contributed by atoms with Gasteiger partial charge in [-0.15, -0.1) is 0 Å². The lowest BCUT2D eigenvalue weighted by atomic mass is 10.1. The van der Waals surface area contributed by atoms with Gasteiger partial charge in [0.05, 0.1) is 16.1 Å². The molecule has 2 N–H and O–H groups in total. The van der Waals surface area contributed by atoms with Crippen LogP contribution < -0.4 is 9.80 Å². The Morgan fingerprint density at radius 2 is 1.55 bits per heavy atom. The predicted octanol–water partition coefficient (Wildman–Crippen LogP) is 3.11. The first-order valence-corrected chi connectivity index (χ1v) is 10.3. The smallest absolute Gasteiger partial charge is 0.241 e. The summed E-state index contributed by atoms with van der Waals surface area (Å²) in [5.74, 6) is -0.513. The van der Waals surface area contributed by atoms with Crippen LogP contribution in [0.15, 0.2) is 66.7 Å². The maximum absolute atomic E-state index is 14.4. The lowest BCUT2D eigenvalue weighted by molar-refractivity contribution is -1.09. The molecule has 0 radical (unpaired) electrons. The predicted molar refractivity (Wildman–Crippen MR) is 111 cm³/mol. The van der Waals surface area contributed by atoms with E-state index in [9.17, 15) is 8.78 Å². The molecule has 0 saturated carbocycles. The zero-order valence-corrected chi connectivity index (χ0v) is 17.1. The van der Waals surface area contributed by atoms with Crippen LogP contribution in [0.1, 0.15) is 28.4 Å².